The number of hydrogen-bond donors (Lipinski definition) is 1. The number of aromatic nitrogens is 2. The summed E-state index contributed by atoms with van der Waals surface area (Å²) in [7, 11) is 1.61. The molecule has 0 spiro atoms. The van der Waals surface area contributed by atoms with Gasteiger partial charge in [-0.2, -0.15) is 18.3 Å². The Balaban J connectivity index is 1.57. The lowest BCUT2D eigenvalue weighted by molar-refractivity contribution is -0.173. The minimum atomic E-state index is -4.32. The summed E-state index contributed by atoms with van der Waals surface area (Å²) < 4.78 is 52.9. The Morgan fingerprint density at radius 2 is 2.03 bits per heavy atom. The zero-order chi connectivity index (χ0) is 22.2. The van der Waals surface area contributed by atoms with Gasteiger partial charge in [0.25, 0.3) is 0 Å². The zero-order valence-electron chi connectivity index (χ0n) is 18.1. The standard InChI is InChI=1S/C22H29F3N4O2/c1-4-31-19-11-15(7-8-18(19)30-3)13-28-9-5-6-17(28)16-12-21-26-14(2)10-20(22(23,24)25)29(21)27-16/h7-8,11-12,14,17,20,26H,4-6,9-10,13H2,1-3H3/t14-,17+,20-/m1/s1. The summed E-state index contributed by atoms with van der Waals surface area (Å²) in [5.41, 5.74) is 1.77. The summed E-state index contributed by atoms with van der Waals surface area (Å²) in [5, 5.41) is 7.59. The third kappa shape index (κ3) is 4.46. The molecule has 3 heterocycles. The van der Waals surface area contributed by atoms with Crippen molar-refractivity contribution >= 4 is 5.82 Å². The van der Waals surface area contributed by atoms with Gasteiger partial charge in [-0.05, 0) is 57.4 Å². The molecule has 1 fully saturated rings. The monoisotopic (exact) mass is 438 g/mol. The van der Waals surface area contributed by atoms with Crippen molar-refractivity contribution in [3.05, 3.63) is 35.5 Å². The van der Waals surface area contributed by atoms with E-state index in [1.807, 2.05) is 25.1 Å². The second-order valence-corrected chi connectivity index (χ2v) is 8.28. The number of nitrogens with one attached hydrogen (secondary N) is 1. The summed E-state index contributed by atoms with van der Waals surface area (Å²) >= 11 is 0. The molecule has 0 amide bonds. The largest absolute Gasteiger partial charge is 0.493 e. The molecule has 0 bridgehead atoms. The van der Waals surface area contributed by atoms with Gasteiger partial charge in [0, 0.05) is 18.7 Å². The number of halogens is 3. The predicted octanol–water partition coefficient (Wildman–Crippen LogP) is 4.94. The summed E-state index contributed by atoms with van der Waals surface area (Å²) in [6.07, 6.45) is -2.48. The topological polar surface area (TPSA) is 51.5 Å². The number of ether oxygens (including phenoxy) is 2. The minimum absolute atomic E-state index is 0.0123. The van der Waals surface area contributed by atoms with E-state index in [2.05, 4.69) is 15.3 Å². The number of rotatable bonds is 6. The molecule has 1 N–H and O–H groups in total. The van der Waals surface area contributed by atoms with Gasteiger partial charge >= 0.3 is 6.18 Å². The molecule has 0 radical (unpaired) electrons. The van der Waals surface area contributed by atoms with Crippen LogP contribution in [-0.4, -0.2) is 47.2 Å². The van der Waals surface area contributed by atoms with Crippen molar-refractivity contribution in [3.8, 4) is 11.5 Å². The number of alkyl halides is 3. The number of hydrogen-bond acceptors (Lipinski definition) is 5. The Labute approximate surface area is 180 Å². The van der Waals surface area contributed by atoms with Crippen LogP contribution in [0, 0.1) is 0 Å². The van der Waals surface area contributed by atoms with Crippen LogP contribution in [0.4, 0.5) is 19.0 Å². The van der Waals surface area contributed by atoms with Gasteiger partial charge in [-0.15, -0.1) is 0 Å². The van der Waals surface area contributed by atoms with Crippen molar-refractivity contribution in [1.82, 2.24) is 14.7 Å². The van der Waals surface area contributed by atoms with E-state index in [0.717, 1.165) is 29.6 Å². The van der Waals surface area contributed by atoms with Crippen molar-refractivity contribution in [2.24, 2.45) is 0 Å². The predicted molar refractivity (Wildman–Crippen MR) is 112 cm³/mol. The fourth-order valence-corrected chi connectivity index (χ4v) is 4.61. The molecule has 2 aliphatic rings. The number of nitrogens with zero attached hydrogens (tertiary/aromatic N) is 3. The average Bonchev–Trinajstić information content (AvgIpc) is 3.33. The van der Waals surface area contributed by atoms with E-state index in [0.29, 0.717) is 36.2 Å². The highest BCUT2D eigenvalue weighted by atomic mass is 19.4. The molecule has 3 atom stereocenters. The summed E-state index contributed by atoms with van der Waals surface area (Å²) in [6, 6.07) is 5.80. The van der Waals surface area contributed by atoms with Crippen LogP contribution in [-0.2, 0) is 6.54 Å². The van der Waals surface area contributed by atoms with E-state index in [1.165, 1.54) is 0 Å². The average molecular weight is 438 g/mol. The second kappa shape index (κ2) is 8.61. The van der Waals surface area contributed by atoms with E-state index in [1.54, 1.807) is 20.1 Å². The van der Waals surface area contributed by atoms with Crippen molar-refractivity contribution in [2.45, 2.75) is 64.0 Å². The molecule has 0 saturated carbocycles. The van der Waals surface area contributed by atoms with Crippen molar-refractivity contribution in [1.29, 1.82) is 0 Å². The van der Waals surface area contributed by atoms with Crippen molar-refractivity contribution in [2.75, 3.05) is 25.6 Å². The van der Waals surface area contributed by atoms with Crippen LogP contribution in [0.25, 0.3) is 0 Å². The fraction of sp³-hybridized carbons (Fsp3) is 0.591. The normalized spacial score (nSPS) is 24.0. The van der Waals surface area contributed by atoms with Crippen LogP contribution in [0.2, 0.25) is 0 Å². The molecule has 6 nitrogen and oxygen atoms in total. The molecule has 1 aromatic carbocycles. The smallest absolute Gasteiger partial charge is 0.410 e. The summed E-state index contributed by atoms with van der Waals surface area (Å²) in [6.45, 7) is 5.78. The molecule has 4 rings (SSSR count). The molecule has 2 aromatic rings. The van der Waals surface area contributed by atoms with Gasteiger partial charge in [-0.25, -0.2) is 4.68 Å². The number of likely N-dealkylation sites (tertiary alicyclic amines) is 1. The summed E-state index contributed by atoms with van der Waals surface area (Å²) in [4.78, 5) is 2.28. The highest BCUT2D eigenvalue weighted by Crippen LogP contribution is 2.42. The zero-order valence-corrected chi connectivity index (χ0v) is 18.1. The highest BCUT2D eigenvalue weighted by molar-refractivity contribution is 5.44. The first-order chi connectivity index (χ1) is 14.8. The Bertz CT molecular complexity index is 915. The first-order valence-electron chi connectivity index (χ1n) is 10.8. The maximum atomic E-state index is 13.6. The van der Waals surface area contributed by atoms with Crippen LogP contribution in [0.1, 0.15) is 56.5 Å². The molecule has 31 heavy (non-hydrogen) atoms. The number of methoxy groups -OCH3 is 1. The number of fused-ring (bicyclic) bond motifs is 1. The van der Waals surface area contributed by atoms with Gasteiger partial charge in [-0.3, -0.25) is 4.90 Å². The highest BCUT2D eigenvalue weighted by Gasteiger charge is 2.46. The molecule has 0 unspecified atom stereocenters. The number of anilines is 1. The SMILES string of the molecule is CCOc1cc(CN2CCC[C@H]2c2cc3n(n2)[C@@H](C(F)(F)F)C[C@@H](C)N3)ccc1OC. The van der Waals surface area contributed by atoms with E-state index in [-0.39, 0.29) is 18.5 Å². The van der Waals surface area contributed by atoms with E-state index in [4.69, 9.17) is 9.47 Å². The maximum absolute atomic E-state index is 13.6. The van der Waals surface area contributed by atoms with Crippen LogP contribution in [0.5, 0.6) is 11.5 Å². The minimum Gasteiger partial charge on any atom is -0.493 e. The van der Waals surface area contributed by atoms with Gasteiger partial charge < -0.3 is 14.8 Å². The van der Waals surface area contributed by atoms with Gasteiger partial charge in [0.2, 0.25) is 0 Å². The van der Waals surface area contributed by atoms with Crippen LogP contribution >= 0.6 is 0 Å². The Morgan fingerprint density at radius 3 is 2.74 bits per heavy atom. The Hall–Kier alpha value is -2.42. The van der Waals surface area contributed by atoms with E-state index < -0.39 is 12.2 Å². The first-order valence-corrected chi connectivity index (χ1v) is 10.8. The molecule has 2 aliphatic heterocycles. The molecule has 0 aliphatic carbocycles. The maximum Gasteiger partial charge on any atom is 0.410 e. The first kappa shape index (κ1) is 21.8. The molecule has 1 aromatic heterocycles. The molecule has 9 heteroatoms. The fourth-order valence-electron chi connectivity index (χ4n) is 4.61. The Kier molecular flexibility index (Phi) is 6.05. The molecule has 170 valence electrons. The number of benzene rings is 1. The van der Waals surface area contributed by atoms with E-state index in [9.17, 15) is 13.2 Å². The van der Waals surface area contributed by atoms with Crippen LogP contribution < -0.4 is 14.8 Å². The lowest BCUT2D eigenvalue weighted by atomic mass is 10.1. The second-order valence-electron chi connectivity index (χ2n) is 8.28. The lowest BCUT2D eigenvalue weighted by Crippen LogP contribution is -2.37. The molecular weight excluding hydrogens is 409 g/mol. The molecule has 1 saturated heterocycles. The van der Waals surface area contributed by atoms with Gasteiger partial charge in [0.1, 0.15) is 5.82 Å². The van der Waals surface area contributed by atoms with Crippen molar-refractivity contribution < 1.29 is 22.6 Å². The quantitative estimate of drug-likeness (QED) is 0.693. The Morgan fingerprint density at radius 1 is 1.23 bits per heavy atom. The molecular formula is C22H29F3N4O2. The lowest BCUT2D eigenvalue weighted by Gasteiger charge is -2.31. The van der Waals surface area contributed by atoms with Crippen molar-refractivity contribution in [3.63, 3.8) is 0 Å². The van der Waals surface area contributed by atoms with Crippen LogP contribution in [0.15, 0.2) is 24.3 Å². The van der Waals surface area contributed by atoms with Crippen LogP contribution in [0.3, 0.4) is 0 Å². The van der Waals surface area contributed by atoms with Gasteiger partial charge in [0.15, 0.2) is 17.5 Å². The van der Waals surface area contributed by atoms with E-state index >= 15 is 0 Å². The summed E-state index contributed by atoms with van der Waals surface area (Å²) in [5.74, 6) is 1.83. The third-order valence-corrected chi connectivity index (χ3v) is 6.02. The van der Waals surface area contributed by atoms with Gasteiger partial charge in [-0.1, -0.05) is 6.07 Å². The van der Waals surface area contributed by atoms with Gasteiger partial charge in [0.05, 0.1) is 25.5 Å². The third-order valence-electron chi connectivity index (χ3n) is 6.02.